The molecule has 66 heavy (non-hydrogen) atoms. The number of pyridine rings is 1. The second-order valence-electron chi connectivity index (χ2n) is 18.3. The van der Waals surface area contributed by atoms with Crippen LogP contribution in [0.5, 0.6) is 5.75 Å². The molecule has 350 valence electrons. The van der Waals surface area contributed by atoms with Gasteiger partial charge in [0, 0.05) is 86.5 Å². The summed E-state index contributed by atoms with van der Waals surface area (Å²) in [4.78, 5) is 80.4. The Labute approximate surface area is 386 Å². The Morgan fingerprint density at radius 3 is 2.48 bits per heavy atom. The number of hydrogen-bond acceptors (Lipinski definition) is 13. The van der Waals surface area contributed by atoms with Crippen molar-refractivity contribution in [1.82, 2.24) is 35.0 Å². The van der Waals surface area contributed by atoms with Gasteiger partial charge in [-0.3, -0.25) is 34.2 Å². The average molecular weight is 927 g/mol. The summed E-state index contributed by atoms with van der Waals surface area (Å²) in [6.07, 6.45) is 5.82. The molecule has 4 amide bonds. The van der Waals surface area contributed by atoms with E-state index < -0.39 is 23.8 Å². The second kappa shape index (κ2) is 18.4. The lowest BCUT2D eigenvalue weighted by Gasteiger charge is -2.49. The van der Waals surface area contributed by atoms with Gasteiger partial charge < -0.3 is 39.4 Å². The van der Waals surface area contributed by atoms with E-state index in [0.717, 1.165) is 62.8 Å². The molecule has 19 heteroatoms. The first-order valence-electron chi connectivity index (χ1n) is 22.9. The molecule has 3 atom stereocenters. The van der Waals surface area contributed by atoms with Crippen LogP contribution >= 0.6 is 11.6 Å². The quantitative estimate of drug-likeness (QED) is 0.160. The van der Waals surface area contributed by atoms with Crippen molar-refractivity contribution in [1.29, 1.82) is 0 Å². The number of ether oxygens (including phenoxy) is 2. The number of hydrogen-bond donors (Lipinski definition) is 3. The first-order valence-corrected chi connectivity index (χ1v) is 23.3. The van der Waals surface area contributed by atoms with Gasteiger partial charge in [0.05, 0.1) is 35.7 Å². The number of benzene rings is 2. The fraction of sp³-hybridized carbons (Fsp3) is 0.511. The number of likely N-dealkylation sites (N-methyl/N-ethyl adjacent to an activating group) is 1. The number of carbonyl (C=O) groups is 4. The summed E-state index contributed by atoms with van der Waals surface area (Å²) < 4.78 is 30.3. The molecule has 1 aliphatic carbocycles. The monoisotopic (exact) mass is 926 g/mol. The van der Waals surface area contributed by atoms with Gasteiger partial charge in [0.15, 0.2) is 24.0 Å². The number of fused-ring (bicyclic) bond motifs is 2. The van der Waals surface area contributed by atoms with Crippen molar-refractivity contribution < 1.29 is 33.0 Å². The smallest absolute Gasteiger partial charge is 0.293 e. The molecule has 4 fully saturated rings. The summed E-state index contributed by atoms with van der Waals surface area (Å²) in [6, 6.07) is 9.46. The van der Waals surface area contributed by atoms with E-state index in [-0.39, 0.29) is 78.3 Å². The van der Waals surface area contributed by atoms with Gasteiger partial charge in [-0.1, -0.05) is 11.6 Å². The molecule has 1 saturated carbocycles. The van der Waals surface area contributed by atoms with E-state index in [1.165, 1.54) is 11.9 Å². The number of piperazine rings is 1. The molecule has 17 nitrogen and oxygen atoms in total. The third-order valence-corrected chi connectivity index (χ3v) is 14.1. The number of halogens is 2. The molecular weight excluding hydrogens is 871 g/mol. The van der Waals surface area contributed by atoms with Crippen LogP contribution in [-0.2, 0) is 19.1 Å². The first-order chi connectivity index (χ1) is 31.7. The van der Waals surface area contributed by atoms with E-state index in [0.29, 0.717) is 46.3 Å². The van der Waals surface area contributed by atoms with Crippen molar-refractivity contribution in [2.45, 2.75) is 109 Å². The fourth-order valence-corrected chi connectivity index (χ4v) is 10.4. The molecular formula is C47H56ClFN10O7. The van der Waals surface area contributed by atoms with Gasteiger partial charge in [0.25, 0.3) is 17.4 Å². The predicted molar refractivity (Wildman–Crippen MR) is 247 cm³/mol. The van der Waals surface area contributed by atoms with Crippen molar-refractivity contribution in [2.24, 2.45) is 0 Å². The lowest BCUT2D eigenvalue weighted by Crippen LogP contribution is -2.59. The Hall–Kier alpha value is -5.85. The van der Waals surface area contributed by atoms with Gasteiger partial charge >= 0.3 is 0 Å². The van der Waals surface area contributed by atoms with Crippen molar-refractivity contribution in [3.05, 3.63) is 74.9 Å². The molecule has 3 N–H and O–H groups in total. The summed E-state index contributed by atoms with van der Waals surface area (Å²) in [5, 5.41) is 9.25. The molecule has 2 aromatic carbocycles. The Kier molecular flexibility index (Phi) is 12.7. The van der Waals surface area contributed by atoms with Gasteiger partial charge in [-0.15, -0.1) is 0 Å². The number of rotatable bonds is 12. The minimum Gasteiger partial charge on any atom is -0.478 e. The van der Waals surface area contributed by atoms with Gasteiger partial charge in [-0.25, -0.2) is 9.37 Å². The standard InChI is InChI=1S/C47H56ClFN10O7/c1-25(2)58-35-8-6-29(18-28(35)19-38(46(58)64)65-24-40(61)50-5)52-43-34(48)22-51-47(54-43)55-14-12-31(13-15-55)66-32-20-30(21-32)56-16-17-57(26(3)23-56)36-9-7-33-41(42(36)49)27(4)59(45(33)63)37-10-11-39(60)53-44(37)62/h6-9,18-19,22,25-27,30-32,37H,10-17,20-21,23-24H2,1-5H3,(H,50,61)(H,51,52,54)(H,53,60,62)/t26-,27+,30-,32-,37-/m1/s1. The average Bonchev–Trinajstić information content (AvgIpc) is 3.53. The maximum atomic E-state index is 16.4. The Morgan fingerprint density at radius 1 is 1.00 bits per heavy atom. The molecule has 0 radical (unpaired) electrons. The highest BCUT2D eigenvalue weighted by molar-refractivity contribution is 6.33. The zero-order valence-electron chi connectivity index (χ0n) is 37.8. The van der Waals surface area contributed by atoms with Crippen molar-refractivity contribution in [3.8, 4) is 5.75 Å². The van der Waals surface area contributed by atoms with Gasteiger partial charge in [-0.2, -0.15) is 4.98 Å². The Morgan fingerprint density at radius 2 is 1.77 bits per heavy atom. The predicted octanol–water partition coefficient (Wildman–Crippen LogP) is 5.08. The van der Waals surface area contributed by atoms with E-state index in [2.05, 4.69) is 42.6 Å². The molecule has 4 aliphatic heterocycles. The molecule has 6 heterocycles. The van der Waals surface area contributed by atoms with E-state index in [1.54, 1.807) is 35.9 Å². The highest BCUT2D eigenvalue weighted by Crippen LogP contribution is 2.42. The topological polar surface area (TPSA) is 184 Å². The van der Waals surface area contributed by atoms with Crippen LogP contribution < -0.4 is 36.0 Å². The number of amides is 4. The van der Waals surface area contributed by atoms with Gasteiger partial charge in [0.1, 0.15) is 11.1 Å². The summed E-state index contributed by atoms with van der Waals surface area (Å²) >= 11 is 6.60. The second-order valence-corrected chi connectivity index (χ2v) is 18.7. The Bertz CT molecular complexity index is 2630. The van der Waals surface area contributed by atoms with Crippen LogP contribution in [0.3, 0.4) is 0 Å². The van der Waals surface area contributed by atoms with Crippen LogP contribution in [0, 0.1) is 5.82 Å². The molecule has 5 aliphatic rings. The van der Waals surface area contributed by atoms with Crippen LogP contribution in [-0.4, -0.2) is 125 Å². The fourth-order valence-electron chi connectivity index (χ4n) is 10.3. The summed E-state index contributed by atoms with van der Waals surface area (Å²) in [6.45, 7) is 11.1. The molecule has 0 bridgehead atoms. The Balaban J connectivity index is 0.762. The lowest BCUT2D eigenvalue weighted by atomic mass is 9.86. The highest BCUT2D eigenvalue weighted by atomic mass is 35.5. The molecule has 0 unspecified atom stereocenters. The SMILES string of the molecule is CNC(=O)COc1cc2cc(Nc3nc(N4CCC(O[C@H]5C[C@H](N6CCN(c7ccc8c(c7F)[C@H](C)N([C@@H]7CCC(=O)NC7=O)C8=O)[C@H](C)C6)C5)CC4)ncc3Cl)ccc2n(C(C)C)c1=O. The van der Waals surface area contributed by atoms with Gasteiger partial charge in [-0.05, 0) is 96.2 Å². The largest absolute Gasteiger partial charge is 0.478 e. The van der Waals surface area contributed by atoms with E-state index in [1.807, 2.05) is 32.0 Å². The van der Waals surface area contributed by atoms with Crippen molar-refractivity contribution in [3.63, 3.8) is 0 Å². The zero-order chi connectivity index (χ0) is 46.6. The normalized spacial score (nSPS) is 23.8. The molecule has 3 saturated heterocycles. The third kappa shape index (κ3) is 8.65. The number of carbonyl (C=O) groups excluding carboxylic acids is 4. The number of piperidine rings is 2. The number of nitrogens with one attached hydrogen (secondary N) is 3. The lowest BCUT2D eigenvalue weighted by molar-refractivity contribution is -0.137. The molecule has 0 spiro atoms. The summed E-state index contributed by atoms with van der Waals surface area (Å²) in [5.74, 6) is -0.924. The van der Waals surface area contributed by atoms with E-state index in [4.69, 9.17) is 26.1 Å². The number of nitrogens with zero attached hydrogens (tertiary/aromatic N) is 7. The van der Waals surface area contributed by atoms with Crippen LogP contribution in [0.1, 0.15) is 94.2 Å². The van der Waals surface area contributed by atoms with Crippen LogP contribution in [0.4, 0.5) is 27.5 Å². The molecule has 4 aromatic rings. The third-order valence-electron chi connectivity index (χ3n) is 13.8. The molecule has 9 rings (SSSR count). The van der Waals surface area contributed by atoms with Crippen LogP contribution in [0.2, 0.25) is 5.02 Å². The minimum atomic E-state index is -0.811. The number of imide groups is 1. The number of anilines is 4. The van der Waals surface area contributed by atoms with Crippen LogP contribution in [0.15, 0.2) is 47.4 Å². The summed E-state index contributed by atoms with van der Waals surface area (Å²) in [5.41, 5.74) is 2.16. The molecule has 2 aromatic heterocycles. The minimum absolute atomic E-state index is 0.0356. The highest BCUT2D eigenvalue weighted by Gasteiger charge is 2.46. The maximum absolute atomic E-state index is 16.4. The number of aromatic nitrogens is 3. The summed E-state index contributed by atoms with van der Waals surface area (Å²) in [7, 11) is 1.51. The van der Waals surface area contributed by atoms with Crippen molar-refractivity contribution in [2.75, 3.05) is 61.5 Å². The van der Waals surface area contributed by atoms with Crippen molar-refractivity contribution >= 4 is 69.3 Å². The zero-order valence-corrected chi connectivity index (χ0v) is 38.6. The van der Waals surface area contributed by atoms with Gasteiger partial charge in [0.2, 0.25) is 17.8 Å². The van der Waals surface area contributed by atoms with Crippen LogP contribution in [0.25, 0.3) is 10.9 Å². The maximum Gasteiger partial charge on any atom is 0.293 e. The first kappa shape index (κ1) is 45.3. The van der Waals surface area contributed by atoms with E-state index in [9.17, 15) is 24.0 Å². The van der Waals surface area contributed by atoms with E-state index >= 15 is 4.39 Å².